The average Bonchev–Trinajstić information content (AvgIpc) is 3.22. The van der Waals surface area contributed by atoms with Crippen LogP contribution in [0.25, 0.3) is 0 Å². The van der Waals surface area contributed by atoms with Gasteiger partial charge >= 0.3 is 0 Å². The van der Waals surface area contributed by atoms with Crippen molar-refractivity contribution in [3.63, 3.8) is 0 Å². The molecule has 0 bridgehead atoms. The molecule has 3 N–H and O–H groups in total. The standard InChI is InChI=1S/C24H31N3O2/c1-5-14-27-22(15-10-12-16(13-11-15)24(2,3)4)19-20(25-26-21(19)23(27)29)17-8-6-7-9-18(17)28/h6-13,19-22,25-26,28H,5,14H2,1-4H3. The van der Waals surface area contributed by atoms with Gasteiger partial charge in [-0.05, 0) is 29.0 Å². The van der Waals surface area contributed by atoms with E-state index < -0.39 is 0 Å². The second kappa shape index (κ2) is 7.47. The number of phenolic OH excluding ortho intramolecular Hbond substituents is 1. The minimum atomic E-state index is -0.293. The number of nitrogens with one attached hydrogen (secondary N) is 2. The number of phenols is 1. The van der Waals surface area contributed by atoms with Gasteiger partial charge in [0.1, 0.15) is 11.8 Å². The van der Waals surface area contributed by atoms with Gasteiger partial charge in [0.25, 0.3) is 0 Å². The third-order valence-electron chi connectivity index (χ3n) is 6.27. The molecule has 1 amide bonds. The topological polar surface area (TPSA) is 64.6 Å². The Kier molecular flexibility index (Phi) is 5.13. The van der Waals surface area contributed by atoms with Crippen LogP contribution in [0.15, 0.2) is 48.5 Å². The fraction of sp³-hybridized carbons (Fsp3) is 0.458. The number of aromatic hydroxyl groups is 1. The molecule has 0 aliphatic carbocycles. The summed E-state index contributed by atoms with van der Waals surface area (Å²) in [5.41, 5.74) is 9.85. The van der Waals surface area contributed by atoms with Crippen LogP contribution < -0.4 is 10.9 Å². The maximum Gasteiger partial charge on any atom is 0.242 e. The van der Waals surface area contributed by atoms with Crippen LogP contribution >= 0.6 is 0 Å². The van der Waals surface area contributed by atoms with E-state index >= 15 is 0 Å². The first-order valence-electron chi connectivity index (χ1n) is 10.5. The van der Waals surface area contributed by atoms with Gasteiger partial charge in [-0.2, -0.15) is 0 Å². The maximum absolute atomic E-state index is 13.2. The molecule has 2 fully saturated rings. The molecule has 4 rings (SSSR count). The van der Waals surface area contributed by atoms with Crippen LogP contribution in [0.4, 0.5) is 0 Å². The molecule has 0 aromatic heterocycles. The van der Waals surface area contributed by atoms with Crippen molar-refractivity contribution in [2.45, 2.75) is 57.7 Å². The molecule has 4 atom stereocenters. The van der Waals surface area contributed by atoms with Crippen LogP contribution in [0.1, 0.15) is 62.9 Å². The number of fused-ring (bicyclic) bond motifs is 1. The van der Waals surface area contributed by atoms with E-state index in [0.29, 0.717) is 0 Å². The maximum atomic E-state index is 13.2. The first kappa shape index (κ1) is 19.9. The van der Waals surface area contributed by atoms with Crippen molar-refractivity contribution in [1.82, 2.24) is 15.8 Å². The molecule has 2 aliphatic rings. The molecule has 0 spiro atoms. The zero-order valence-electron chi connectivity index (χ0n) is 17.6. The zero-order chi connectivity index (χ0) is 20.8. The van der Waals surface area contributed by atoms with E-state index in [9.17, 15) is 9.90 Å². The number of likely N-dealkylation sites (tertiary alicyclic amines) is 1. The van der Waals surface area contributed by atoms with Gasteiger partial charge in [-0.3, -0.25) is 4.79 Å². The van der Waals surface area contributed by atoms with Crippen molar-refractivity contribution in [1.29, 1.82) is 0 Å². The highest BCUT2D eigenvalue weighted by Gasteiger charge is 2.55. The van der Waals surface area contributed by atoms with Crippen molar-refractivity contribution in [2.75, 3.05) is 6.54 Å². The average molecular weight is 394 g/mol. The number of nitrogens with zero attached hydrogens (tertiary/aromatic N) is 1. The second-order valence-electron chi connectivity index (χ2n) is 9.23. The quantitative estimate of drug-likeness (QED) is 0.739. The third-order valence-corrected chi connectivity index (χ3v) is 6.27. The number of amides is 1. The van der Waals surface area contributed by atoms with E-state index in [1.165, 1.54) is 5.56 Å². The predicted octanol–water partition coefficient (Wildman–Crippen LogP) is 3.82. The Bertz CT molecular complexity index is 888. The van der Waals surface area contributed by atoms with Gasteiger partial charge < -0.3 is 10.0 Å². The first-order valence-corrected chi connectivity index (χ1v) is 10.5. The SMILES string of the molecule is CCCN1C(=O)C2NNC(c3ccccc3O)C2C1c1ccc(C(C)(C)C)cc1. The Morgan fingerprint density at radius 3 is 2.28 bits per heavy atom. The van der Waals surface area contributed by atoms with Crippen molar-refractivity contribution in [3.8, 4) is 5.75 Å². The van der Waals surface area contributed by atoms with Crippen molar-refractivity contribution in [2.24, 2.45) is 5.92 Å². The summed E-state index contributed by atoms with van der Waals surface area (Å²) < 4.78 is 0. The fourth-order valence-corrected chi connectivity index (χ4v) is 4.79. The summed E-state index contributed by atoms with van der Waals surface area (Å²) in [6.07, 6.45) is 0.913. The van der Waals surface area contributed by atoms with Crippen LogP contribution in [-0.2, 0) is 10.2 Å². The molecule has 29 heavy (non-hydrogen) atoms. The Balaban J connectivity index is 1.76. The molecule has 0 saturated carbocycles. The Hall–Kier alpha value is -2.37. The van der Waals surface area contributed by atoms with Gasteiger partial charge in [-0.15, -0.1) is 0 Å². The van der Waals surface area contributed by atoms with Crippen molar-refractivity contribution >= 4 is 5.91 Å². The van der Waals surface area contributed by atoms with Gasteiger partial charge in [0, 0.05) is 18.0 Å². The minimum absolute atomic E-state index is 0.00263. The summed E-state index contributed by atoms with van der Waals surface area (Å²) >= 11 is 0. The van der Waals surface area contributed by atoms with Gasteiger partial charge in [0.15, 0.2) is 0 Å². The molecule has 5 heteroatoms. The lowest BCUT2D eigenvalue weighted by Gasteiger charge is -2.31. The molecule has 5 nitrogen and oxygen atoms in total. The Morgan fingerprint density at radius 2 is 1.66 bits per heavy atom. The van der Waals surface area contributed by atoms with E-state index in [1.807, 2.05) is 23.1 Å². The molecule has 154 valence electrons. The number of hydrazine groups is 1. The number of benzene rings is 2. The fourth-order valence-electron chi connectivity index (χ4n) is 4.79. The van der Waals surface area contributed by atoms with Gasteiger partial charge in [0.2, 0.25) is 5.91 Å². The number of rotatable bonds is 4. The highest BCUT2D eigenvalue weighted by Crippen LogP contribution is 2.48. The number of carbonyl (C=O) groups is 1. The van der Waals surface area contributed by atoms with E-state index in [2.05, 4.69) is 62.8 Å². The van der Waals surface area contributed by atoms with Crippen LogP contribution in [0, 0.1) is 5.92 Å². The number of hydrogen-bond acceptors (Lipinski definition) is 4. The van der Waals surface area contributed by atoms with E-state index in [4.69, 9.17) is 0 Å². The van der Waals surface area contributed by atoms with Crippen LogP contribution in [-0.4, -0.2) is 28.5 Å². The summed E-state index contributed by atoms with van der Waals surface area (Å²) in [5.74, 6) is 0.394. The monoisotopic (exact) mass is 393 g/mol. The summed E-state index contributed by atoms with van der Waals surface area (Å²) in [6, 6.07) is 15.6. The molecular weight excluding hydrogens is 362 g/mol. The molecule has 0 radical (unpaired) electrons. The summed E-state index contributed by atoms with van der Waals surface area (Å²) in [4.78, 5) is 15.2. The molecule has 4 unspecified atom stereocenters. The largest absolute Gasteiger partial charge is 0.508 e. The van der Waals surface area contributed by atoms with Gasteiger partial charge in [-0.25, -0.2) is 10.9 Å². The Morgan fingerprint density at radius 1 is 1.00 bits per heavy atom. The van der Waals surface area contributed by atoms with E-state index in [1.54, 1.807) is 6.07 Å². The predicted molar refractivity (Wildman–Crippen MR) is 114 cm³/mol. The highest BCUT2D eigenvalue weighted by atomic mass is 16.3. The molecule has 2 aromatic rings. The summed E-state index contributed by atoms with van der Waals surface area (Å²) in [6.45, 7) is 9.46. The number of hydrogen-bond donors (Lipinski definition) is 3. The van der Waals surface area contributed by atoms with E-state index in [-0.39, 0.29) is 41.1 Å². The van der Waals surface area contributed by atoms with E-state index in [0.717, 1.165) is 24.1 Å². The smallest absolute Gasteiger partial charge is 0.242 e. The third kappa shape index (κ3) is 3.43. The van der Waals surface area contributed by atoms with Crippen molar-refractivity contribution < 1.29 is 9.90 Å². The Labute approximate surface area is 173 Å². The van der Waals surface area contributed by atoms with Crippen molar-refractivity contribution in [3.05, 3.63) is 65.2 Å². The van der Waals surface area contributed by atoms with Gasteiger partial charge in [0.05, 0.1) is 12.1 Å². The number of carbonyl (C=O) groups excluding carboxylic acids is 1. The van der Waals surface area contributed by atoms with Crippen LogP contribution in [0.3, 0.4) is 0 Å². The molecule has 2 heterocycles. The molecule has 2 saturated heterocycles. The lowest BCUT2D eigenvalue weighted by Crippen LogP contribution is -2.41. The van der Waals surface area contributed by atoms with Crippen LogP contribution in [0.2, 0.25) is 0 Å². The normalized spacial score (nSPS) is 26.8. The first-order chi connectivity index (χ1) is 13.8. The minimum Gasteiger partial charge on any atom is -0.508 e. The summed E-state index contributed by atoms with van der Waals surface area (Å²) in [5, 5.41) is 10.4. The second-order valence-corrected chi connectivity index (χ2v) is 9.23. The molecular formula is C24H31N3O2. The highest BCUT2D eigenvalue weighted by molar-refractivity contribution is 5.86. The lowest BCUT2D eigenvalue weighted by molar-refractivity contribution is -0.130. The molecule has 2 aliphatic heterocycles. The summed E-state index contributed by atoms with van der Waals surface area (Å²) in [7, 11) is 0. The van der Waals surface area contributed by atoms with Gasteiger partial charge in [-0.1, -0.05) is 70.2 Å². The van der Waals surface area contributed by atoms with Crippen LogP contribution in [0.5, 0.6) is 5.75 Å². The zero-order valence-corrected chi connectivity index (χ0v) is 17.6. The number of para-hydroxylation sites is 1. The lowest BCUT2D eigenvalue weighted by atomic mass is 9.81. The molecule has 2 aromatic carbocycles.